The van der Waals surface area contributed by atoms with Crippen LogP contribution in [0.2, 0.25) is 0 Å². The number of ether oxygens (including phenoxy) is 2. The largest absolute Gasteiger partial charge is 0.495 e. The number of aromatic nitrogens is 2. The third-order valence-corrected chi connectivity index (χ3v) is 7.24. The summed E-state index contributed by atoms with van der Waals surface area (Å²) in [6.45, 7) is 2.12. The summed E-state index contributed by atoms with van der Waals surface area (Å²) in [7, 11) is -0.912. The first-order valence-corrected chi connectivity index (χ1v) is 11.1. The molecular formula is C20H23N3O6S. The highest BCUT2D eigenvalue weighted by atomic mass is 32.2. The number of aromatic amines is 2. The molecule has 0 atom stereocenters. The van der Waals surface area contributed by atoms with Crippen LogP contribution in [-0.2, 0) is 14.8 Å². The number of sulfonamides is 1. The van der Waals surface area contributed by atoms with Crippen LogP contribution in [0.25, 0.3) is 21.8 Å². The Kier molecular flexibility index (Phi) is 5.07. The number of H-pyrrole nitrogens is 2. The Labute approximate surface area is 173 Å². The maximum atomic E-state index is 13.2. The van der Waals surface area contributed by atoms with Gasteiger partial charge in [-0.25, -0.2) is 13.2 Å². The molecule has 30 heavy (non-hydrogen) atoms. The van der Waals surface area contributed by atoms with Crippen LogP contribution in [-0.4, -0.2) is 55.5 Å². The van der Waals surface area contributed by atoms with Gasteiger partial charge in [-0.3, -0.25) is 4.79 Å². The lowest BCUT2D eigenvalue weighted by molar-refractivity contribution is 0.0507. The lowest BCUT2D eigenvalue weighted by atomic mass is 10.1. The number of hydrogen-bond acceptors (Lipinski definition) is 6. The summed E-state index contributed by atoms with van der Waals surface area (Å²) in [5, 5.41) is 0.737. The molecule has 160 valence electrons. The van der Waals surface area contributed by atoms with Crippen LogP contribution in [0.3, 0.4) is 0 Å². The molecule has 0 amide bonds. The lowest BCUT2D eigenvalue weighted by Gasteiger charge is -2.19. The quantitative estimate of drug-likeness (QED) is 0.552. The molecule has 2 N–H and O–H groups in total. The minimum absolute atomic E-state index is 0.0191. The van der Waals surface area contributed by atoms with Crippen LogP contribution in [0.4, 0.5) is 0 Å². The molecule has 9 nitrogen and oxygen atoms in total. The van der Waals surface area contributed by atoms with Crippen LogP contribution in [0, 0.1) is 0 Å². The second-order valence-corrected chi connectivity index (χ2v) is 9.31. The highest BCUT2D eigenvalue weighted by Gasteiger charge is 2.37. The van der Waals surface area contributed by atoms with Gasteiger partial charge in [-0.15, -0.1) is 0 Å². The maximum Gasteiger partial charge on any atom is 0.340 e. The van der Waals surface area contributed by atoms with Crippen molar-refractivity contribution < 1.29 is 22.7 Å². The van der Waals surface area contributed by atoms with Gasteiger partial charge in [-0.2, -0.15) is 4.31 Å². The molecule has 0 radical (unpaired) electrons. The molecule has 10 heteroatoms. The van der Waals surface area contributed by atoms with Crippen molar-refractivity contribution in [3.05, 3.63) is 34.2 Å². The number of nitrogens with one attached hydrogen (secondary N) is 2. The molecular weight excluding hydrogens is 410 g/mol. The predicted octanol–water partition coefficient (Wildman–Crippen LogP) is 2.37. The molecule has 2 heterocycles. The predicted molar refractivity (Wildman–Crippen MR) is 112 cm³/mol. The molecule has 4 rings (SSSR count). The first-order valence-electron chi connectivity index (χ1n) is 9.69. The maximum absolute atomic E-state index is 13.2. The summed E-state index contributed by atoms with van der Waals surface area (Å²) in [6, 6.07) is 2.89. The Bertz CT molecular complexity index is 1300. The zero-order chi connectivity index (χ0) is 21.6. The van der Waals surface area contributed by atoms with Crippen LogP contribution in [0.5, 0.6) is 5.75 Å². The van der Waals surface area contributed by atoms with E-state index < -0.39 is 21.6 Å². The summed E-state index contributed by atoms with van der Waals surface area (Å²) in [5.41, 5.74) is 0.287. The number of esters is 1. The number of methoxy groups -OCH3 is 1. The van der Waals surface area contributed by atoms with Gasteiger partial charge in [0, 0.05) is 36.1 Å². The van der Waals surface area contributed by atoms with Crippen molar-refractivity contribution in [3.63, 3.8) is 0 Å². The van der Waals surface area contributed by atoms with E-state index in [1.54, 1.807) is 7.05 Å². The van der Waals surface area contributed by atoms with Crippen molar-refractivity contribution in [2.45, 2.75) is 37.1 Å². The van der Waals surface area contributed by atoms with Crippen LogP contribution in [0.1, 0.15) is 36.5 Å². The van der Waals surface area contributed by atoms with Crippen molar-refractivity contribution in [2.24, 2.45) is 0 Å². The number of pyridine rings is 1. The van der Waals surface area contributed by atoms with Crippen molar-refractivity contribution in [1.29, 1.82) is 0 Å². The zero-order valence-corrected chi connectivity index (χ0v) is 17.8. The molecule has 2 aromatic heterocycles. The fraction of sp³-hybridized carbons (Fsp3) is 0.400. The second-order valence-electron chi connectivity index (χ2n) is 7.34. The van der Waals surface area contributed by atoms with E-state index in [1.165, 1.54) is 29.7 Å². The number of rotatable bonds is 7. The van der Waals surface area contributed by atoms with E-state index in [1.807, 2.05) is 6.92 Å². The Morgan fingerprint density at radius 3 is 2.67 bits per heavy atom. The minimum atomic E-state index is -3.83. The number of hydrogen-bond donors (Lipinski definition) is 2. The number of carbonyl (C=O) groups is 1. The van der Waals surface area contributed by atoms with E-state index in [0.29, 0.717) is 22.7 Å². The van der Waals surface area contributed by atoms with Gasteiger partial charge in [0.1, 0.15) is 16.2 Å². The molecule has 1 aliphatic carbocycles. The topological polar surface area (TPSA) is 122 Å². The molecule has 1 saturated carbocycles. The number of benzene rings is 1. The Hall–Kier alpha value is -2.85. The third-order valence-electron chi connectivity index (χ3n) is 5.30. The van der Waals surface area contributed by atoms with E-state index in [0.717, 1.165) is 12.8 Å². The van der Waals surface area contributed by atoms with Crippen molar-refractivity contribution in [1.82, 2.24) is 14.3 Å². The van der Waals surface area contributed by atoms with E-state index in [9.17, 15) is 18.0 Å². The van der Waals surface area contributed by atoms with Gasteiger partial charge in [0.15, 0.2) is 0 Å². The molecule has 0 saturated heterocycles. The fourth-order valence-corrected chi connectivity index (χ4v) is 5.10. The normalized spacial score (nSPS) is 14.5. The molecule has 0 aliphatic heterocycles. The summed E-state index contributed by atoms with van der Waals surface area (Å²) in [6.07, 6.45) is 3.69. The number of fused-ring (bicyclic) bond motifs is 3. The third kappa shape index (κ3) is 3.25. The highest BCUT2D eigenvalue weighted by molar-refractivity contribution is 7.89. The van der Waals surface area contributed by atoms with Gasteiger partial charge in [0.25, 0.3) is 5.56 Å². The summed E-state index contributed by atoms with van der Waals surface area (Å²) in [4.78, 5) is 30.6. The SMILES string of the molecule is CCCOC(=O)c1c[nH]c2c(=O)[nH]c3cc(OC)c(S(=O)(=O)N(C)C4CC4)cc3c12. The van der Waals surface area contributed by atoms with E-state index >= 15 is 0 Å². The number of nitrogens with zero attached hydrogens (tertiary/aromatic N) is 1. The van der Waals surface area contributed by atoms with Gasteiger partial charge < -0.3 is 19.4 Å². The Morgan fingerprint density at radius 2 is 2.03 bits per heavy atom. The molecule has 0 bridgehead atoms. The Morgan fingerprint density at radius 1 is 1.30 bits per heavy atom. The molecule has 1 fully saturated rings. The fourth-order valence-electron chi connectivity index (χ4n) is 3.52. The van der Waals surface area contributed by atoms with Crippen LogP contribution < -0.4 is 10.3 Å². The van der Waals surface area contributed by atoms with Gasteiger partial charge >= 0.3 is 5.97 Å². The molecule has 1 aliphatic rings. The van der Waals surface area contributed by atoms with Crippen molar-refractivity contribution in [3.8, 4) is 5.75 Å². The van der Waals surface area contributed by atoms with Gasteiger partial charge in [0.2, 0.25) is 10.0 Å². The first kappa shape index (κ1) is 20.4. The second kappa shape index (κ2) is 7.44. The average Bonchev–Trinajstić information content (AvgIpc) is 3.48. The standard InChI is InChI=1S/C20H23N3O6S/c1-4-7-29-20(25)13-10-21-18-17(13)12-8-16(30(26,27)23(2)11-5-6-11)15(28-3)9-14(12)22-19(18)24/h8-11,21H,4-7H2,1-3H3,(H,22,24). The molecule has 0 unspecified atom stereocenters. The lowest BCUT2D eigenvalue weighted by Crippen LogP contribution is -2.29. The zero-order valence-electron chi connectivity index (χ0n) is 16.9. The summed E-state index contributed by atoms with van der Waals surface area (Å²) >= 11 is 0. The molecule has 3 aromatic rings. The number of carbonyl (C=O) groups excluding carboxylic acids is 1. The van der Waals surface area contributed by atoms with Gasteiger partial charge in [0.05, 0.1) is 24.8 Å². The first-order chi connectivity index (χ1) is 14.3. The summed E-state index contributed by atoms with van der Waals surface area (Å²) in [5.74, 6) is -0.457. The Balaban J connectivity index is 2.00. The van der Waals surface area contributed by atoms with E-state index in [4.69, 9.17) is 9.47 Å². The molecule has 1 aromatic carbocycles. The minimum Gasteiger partial charge on any atom is -0.495 e. The monoisotopic (exact) mass is 433 g/mol. The smallest absolute Gasteiger partial charge is 0.340 e. The summed E-state index contributed by atoms with van der Waals surface area (Å²) < 4.78 is 38.3. The van der Waals surface area contributed by atoms with E-state index in [2.05, 4.69) is 9.97 Å². The van der Waals surface area contributed by atoms with Gasteiger partial charge in [-0.1, -0.05) is 6.92 Å². The van der Waals surface area contributed by atoms with Crippen LogP contribution >= 0.6 is 0 Å². The average molecular weight is 433 g/mol. The highest BCUT2D eigenvalue weighted by Crippen LogP contribution is 2.37. The van der Waals surface area contributed by atoms with Crippen LogP contribution in [0.15, 0.2) is 28.0 Å². The van der Waals surface area contributed by atoms with Gasteiger partial charge in [-0.05, 0) is 25.3 Å². The van der Waals surface area contributed by atoms with Crippen molar-refractivity contribution in [2.75, 3.05) is 20.8 Å². The van der Waals surface area contributed by atoms with E-state index in [-0.39, 0.29) is 34.4 Å². The van der Waals surface area contributed by atoms with Crippen molar-refractivity contribution >= 4 is 37.8 Å². The molecule has 0 spiro atoms.